The van der Waals surface area contributed by atoms with E-state index in [1.54, 1.807) is 0 Å². The van der Waals surface area contributed by atoms with Crippen molar-refractivity contribution in [1.29, 1.82) is 0 Å². The molecular formula is C15H31N3O3. The molecular weight excluding hydrogens is 270 g/mol. The Morgan fingerprint density at radius 2 is 1.76 bits per heavy atom. The maximum Gasteiger partial charge on any atom is 0.324 e. The fourth-order valence-corrected chi connectivity index (χ4v) is 1.93. The molecule has 0 radical (unpaired) electrons. The molecule has 1 aliphatic rings. The maximum atomic E-state index is 11.6. The fraction of sp³-hybridized carbons (Fsp3) is 0.867. The molecule has 0 atom stereocenters. The Bertz CT molecular complexity index is 292. The highest BCUT2D eigenvalue weighted by atomic mass is 16.5. The Balaban J connectivity index is 0.00000122. The Kier molecular flexibility index (Phi) is 11.9. The number of carbonyl (C=O) groups excluding carboxylic acids is 2. The van der Waals surface area contributed by atoms with Crippen molar-refractivity contribution < 1.29 is 14.3 Å². The molecule has 1 saturated heterocycles. The van der Waals surface area contributed by atoms with E-state index < -0.39 is 0 Å². The summed E-state index contributed by atoms with van der Waals surface area (Å²) in [6.45, 7) is 12.8. The average Bonchev–Trinajstić information content (AvgIpc) is 2.45. The predicted molar refractivity (Wildman–Crippen MR) is 84.3 cm³/mol. The third-order valence-corrected chi connectivity index (χ3v) is 2.91. The molecule has 0 bridgehead atoms. The summed E-state index contributed by atoms with van der Waals surface area (Å²) in [5.41, 5.74) is 0. The lowest BCUT2D eigenvalue weighted by molar-refractivity contribution is -0.126. The molecule has 1 aliphatic heterocycles. The van der Waals surface area contributed by atoms with Gasteiger partial charge >= 0.3 is 6.03 Å². The highest BCUT2D eigenvalue weighted by Crippen LogP contribution is 2.00. The number of morpholine rings is 1. The SMILES string of the molecule is CCC.CCNC(=O)N(CCCN1CCOCC1)C(C)=O. The van der Waals surface area contributed by atoms with Crippen molar-refractivity contribution in [3.05, 3.63) is 0 Å². The van der Waals surface area contributed by atoms with E-state index in [1.807, 2.05) is 6.92 Å². The molecule has 21 heavy (non-hydrogen) atoms. The number of imide groups is 1. The lowest BCUT2D eigenvalue weighted by atomic mass is 10.3. The summed E-state index contributed by atoms with van der Waals surface area (Å²) in [7, 11) is 0. The highest BCUT2D eigenvalue weighted by Gasteiger charge is 2.17. The molecule has 124 valence electrons. The van der Waals surface area contributed by atoms with Gasteiger partial charge in [0.05, 0.1) is 13.2 Å². The maximum absolute atomic E-state index is 11.6. The monoisotopic (exact) mass is 301 g/mol. The zero-order chi connectivity index (χ0) is 16.1. The summed E-state index contributed by atoms with van der Waals surface area (Å²) in [5.74, 6) is -0.206. The predicted octanol–water partition coefficient (Wildman–Crippen LogP) is 1.70. The first kappa shape index (κ1) is 19.9. The molecule has 0 aromatic carbocycles. The number of rotatable bonds is 5. The first-order valence-electron chi connectivity index (χ1n) is 7.92. The molecule has 1 fully saturated rings. The fourth-order valence-electron chi connectivity index (χ4n) is 1.93. The van der Waals surface area contributed by atoms with Gasteiger partial charge in [0.2, 0.25) is 5.91 Å². The first-order valence-corrected chi connectivity index (χ1v) is 7.92. The van der Waals surface area contributed by atoms with Crippen LogP contribution in [0, 0.1) is 0 Å². The summed E-state index contributed by atoms with van der Waals surface area (Å²) in [6.07, 6.45) is 2.05. The van der Waals surface area contributed by atoms with Crippen molar-refractivity contribution in [3.63, 3.8) is 0 Å². The molecule has 0 unspecified atom stereocenters. The van der Waals surface area contributed by atoms with Crippen LogP contribution in [-0.4, -0.2) is 67.7 Å². The number of nitrogens with zero attached hydrogens (tertiary/aromatic N) is 2. The van der Waals surface area contributed by atoms with E-state index in [2.05, 4.69) is 24.1 Å². The third-order valence-electron chi connectivity index (χ3n) is 2.91. The molecule has 0 aromatic heterocycles. The van der Waals surface area contributed by atoms with Crippen molar-refractivity contribution in [2.45, 2.75) is 40.5 Å². The van der Waals surface area contributed by atoms with Crippen molar-refractivity contribution in [2.24, 2.45) is 0 Å². The molecule has 0 saturated carbocycles. The number of hydrogen-bond donors (Lipinski definition) is 1. The summed E-state index contributed by atoms with van der Waals surface area (Å²) in [5, 5.41) is 2.65. The average molecular weight is 301 g/mol. The molecule has 1 heterocycles. The van der Waals surface area contributed by atoms with E-state index >= 15 is 0 Å². The second kappa shape index (κ2) is 12.6. The quantitative estimate of drug-likeness (QED) is 0.839. The second-order valence-corrected chi connectivity index (χ2v) is 5.02. The summed E-state index contributed by atoms with van der Waals surface area (Å²) in [6, 6.07) is -0.299. The number of carbonyl (C=O) groups is 2. The Morgan fingerprint density at radius 3 is 2.24 bits per heavy atom. The van der Waals surface area contributed by atoms with Crippen molar-refractivity contribution >= 4 is 11.9 Å². The number of nitrogens with one attached hydrogen (secondary N) is 1. The number of ether oxygens (including phenoxy) is 1. The zero-order valence-electron chi connectivity index (χ0n) is 14.0. The van der Waals surface area contributed by atoms with Crippen LogP contribution >= 0.6 is 0 Å². The smallest absolute Gasteiger partial charge is 0.324 e. The largest absolute Gasteiger partial charge is 0.379 e. The van der Waals surface area contributed by atoms with Crippen LogP contribution in [0.3, 0.4) is 0 Å². The first-order chi connectivity index (χ1) is 10.1. The van der Waals surface area contributed by atoms with E-state index in [-0.39, 0.29) is 11.9 Å². The molecule has 6 heteroatoms. The molecule has 0 aliphatic carbocycles. The van der Waals surface area contributed by atoms with Crippen molar-refractivity contribution in [3.8, 4) is 0 Å². The Labute approximate surface area is 128 Å². The second-order valence-electron chi connectivity index (χ2n) is 5.02. The van der Waals surface area contributed by atoms with Gasteiger partial charge in [-0.3, -0.25) is 14.6 Å². The topological polar surface area (TPSA) is 61.9 Å². The van der Waals surface area contributed by atoms with Crippen LogP contribution in [0.4, 0.5) is 4.79 Å². The lowest BCUT2D eigenvalue weighted by Crippen LogP contribution is -2.44. The van der Waals surface area contributed by atoms with E-state index in [1.165, 1.54) is 18.2 Å². The normalized spacial score (nSPS) is 14.9. The standard InChI is InChI=1S/C12H23N3O3.C3H8/c1-3-13-12(17)15(11(2)16)6-4-5-14-7-9-18-10-8-14;1-3-2/h3-10H2,1-2H3,(H,13,17);3H2,1-2H3. The van der Waals surface area contributed by atoms with Crippen molar-refractivity contribution in [2.75, 3.05) is 45.9 Å². The molecule has 0 aromatic rings. The van der Waals surface area contributed by atoms with Crippen LogP contribution in [0.2, 0.25) is 0 Å². The summed E-state index contributed by atoms with van der Waals surface area (Å²) in [4.78, 5) is 26.6. The minimum atomic E-state index is -0.299. The van der Waals surface area contributed by atoms with Gasteiger partial charge in [-0.1, -0.05) is 20.3 Å². The summed E-state index contributed by atoms with van der Waals surface area (Å²) < 4.78 is 5.27. The Morgan fingerprint density at radius 1 is 1.19 bits per heavy atom. The highest BCUT2D eigenvalue weighted by molar-refractivity contribution is 5.93. The molecule has 1 rings (SSSR count). The minimum absolute atomic E-state index is 0.206. The van der Waals surface area contributed by atoms with Gasteiger partial charge in [-0.2, -0.15) is 0 Å². The van der Waals surface area contributed by atoms with E-state index in [0.717, 1.165) is 39.3 Å². The van der Waals surface area contributed by atoms with Gasteiger partial charge in [0.25, 0.3) is 0 Å². The third kappa shape index (κ3) is 9.42. The molecule has 3 amide bonds. The van der Waals surface area contributed by atoms with Gasteiger partial charge in [-0.25, -0.2) is 4.79 Å². The van der Waals surface area contributed by atoms with Gasteiger partial charge < -0.3 is 10.1 Å². The minimum Gasteiger partial charge on any atom is -0.379 e. The number of hydrogen-bond acceptors (Lipinski definition) is 4. The van der Waals surface area contributed by atoms with E-state index in [9.17, 15) is 9.59 Å². The van der Waals surface area contributed by atoms with E-state index in [0.29, 0.717) is 13.1 Å². The zero-order valence-corrected chi connectivity index (χ0v) is 14.0. The number of urea groups is 1. The van der Waals surface area contributed by atoms with Crippen LogP contribution < -0.4 is 5.32 Å². The van der Waals surface area contributed by atoms with Gasteiger partial charge in [0.1, 0.15) is 0 Å². The molecule has 0 spiro atoms. The summed E-state index contributed by atoms with van der Waals surface area (Å²) >= 11 is 0. The van der Waals surface area contributed by atoms with Crippen molar-refractivity contribution in [1.82, 2.24) is 15.1 Å². The van der Waals surface area contributed by atoms with Gasteiger partial charge in [-0.05, 0) is 13.3 Å². The van der Waals surface area contributed by atoms with Crippen LogP contribution in [0.1, 0.15) is 40.5 Å². The van der Waals surface area contributed by atoms with Gasteiger partial charge in [-0.15, -0.1) is 0 Å². The lowest BCUT2D eigenvalue weighted by Gasteiger charge is -2.27. The Hall–Kier alpha value is -1.14. The van der Waals surface area contributed by atoms with Crippen LogP contribution in [0.15, 0.2) is 0 Å². The van der Waals surface area contributed by atoms with Crippen LogP contribution in [0.5, 0.6) is 0 Å². The molecule has 1 N–H and O–H groups in total. The van der Waals surface area contributed by atoms with Crippen LogP contribution in [0.25, 0.3) is 0 Å². The molecule has 6 nitrogen and oxygen atoms in total. The van der Waals surface area contributed by atoms with Gasteiger partial charge in [0.15, 0.2) is 0 Å². The van der Waals surface area contributed by atoms with E-state index in [4.69, 9.17) is 4.74 Å². The van der Waals surface area contributed by atoms with Crippen LogP contribution in [-0.2, 0) is 9.53 Å². The number of amides is 3. The van der Waals surface area contributed by atoms with Gasteiger partial charge in [0, 0.05) is 39.6 Å².